The van der Waals surface area contributed by atoms with Crippen LogP contribution in [0, 0.1) is 0 Å². The zero-order chi connectivity index (χ0) is 8.27. The van der Waals surface area contributed by atoms with Gasteiger partial charge < -0.3 is 9.47 Å². The van der Waals surface area contributed by atoms with Crippen LogP contribution in [0.3, 0.4) is 0 Å². The molecule has 1 aromatic rings. The van der Waals surface area contributed by atoms with Gasteiger partial charge in [0.15, 0.2) is 5.75 Å². The number of rotatable bonds is 2. The second-order valence-corrected chi connectivity index (χ2v) is 1.79. The zero-order valence-corrected chi connectivity index (χ0v) is 6.25. The molecule has 0 aromatic carbocycles. The fraction of sp³-hybridized carbons (Fsp3) is 0.333. The topological polar surface area (TPSA) is 64.2 Å². The smallest absolute Gasteiger partial charge is 0.285 e. The average molecular weight is 156 g/mol. The van der Waals surface area contributed by atoms with E-state index in [9.17, 15) is 4.79 Å². The second kappa shape index (κ2) is 3.05. The third kappa shape index (κ3) is 1.31. The molecule has 0 aliphatic carbocycles. The van der Waals surface area contributed by atoms with Gasteiger partial charge in [0.05, 0.1) is 20.4 Å². The third-order valence-electron chi connectivity index (χ3n) is 1.19. The van der Waals surface area contributed by atoms with Gasteiger partial charge in [0.1, 0.15) is 0 Å². The summed E-state index contributed by atoms with van der Waals surface area (Å²) in [6.45, 7) is 0. The second-order valence-electron chi connectivity index (χ2n) is 1.79. The van der Waals surface area contributed by atoms with E-state index in [0.29, 0.717) is 0 Å². The summed E-state index contributed by atoms with van der Waals surface area (Å²) < 4.78 is 9.38. The summed E-state index contributed by atoms with van der Waals surface area (Å²) in [5.74, 6) is 0.196. The lowest BCUT2D eigenvalue weighted by Gasteiger charge is -1.99. The summed E-state index contributed by atoms with van der Waals surface area (Å²) in [7, 11) is 2.78. The van der Waals surface area contributed by atoms with Gasteiger partial charge in [-0.15, -0.1) is 5.10 Å². The van der Waals surface area contributed by atoms with E-state index in [1.807, 2.05) is 0 Å². The van der Waals surface area contributed by atoms with E-state index >= 15 is 0 Å². The highest BCUT2D eigenvalue weighted by Gasteiger charge is 2.05. The number of hydrogen-bond donors (Lipinski definition) is 1. The standard InChI is InChI=1S/C6H8N2O3/c1-10-4-3-7-8-6(11-2)5(4)9/h3H,1-2H3,(H,7,9). The highest BCUT2D eigenvalue weighted by molar-refractivity contribution is 5.22. The Bertz CT molecular complexity index is 269. The predicted molar refractivity (Wildman–Crippen MR) is 38.0 cm³/mol. The van der Waals surface area contributed by atoms with Gasteiger partial charge in [0.25, 0.3) is 11.3 Å². The lowest BCUT2D eigenvalue weighted by atomic mass is 10.5. The SMILES string of the molecule is COc1c[nH]nc(OC)c1=O. The summed E-state index contributed by atoms with van der Waals surface area (Å²) in [5.41, 5.74) is -0.353. The van der Waals surface area contributed by atoms with Gasteiger partial charge >= 0.3 is 0 Å². The van der Waals surface area contributed by atoms with Gasteiger partial charge in [-0.1, -0.05) is 0 Å². The van der Waals surface area contributed by atoms with Crippen LogP contribution in [-0.4, -0.2) is 24.4 Å². The van der Waals surface area contributed by atoms with E-state index in [4.69, 9.17) is 4.74 Å². The van der Waals surface area contributed by atoms with Gasteiger partial charge in [-0.3, -0.25) is 9.89 Å². The first kappa shape index (κ1) is 7.59. The average Bonchev–Trinajstić information content (AvgIpc) is 2.05. The van der Waals surface area contributed by atoms with Crippen molar-refractivity contribution in [3.8, 4) is 11.6 Å². The Balaban J connectivity index is 3.21. The minimum atomic E-state index is -0.353. The van der Waals surface area contributed by atoms with Gasteiger partial charge in [0.2, 0.25) is 0 Å². The summed E-state index contributed by atoms with van der Waals surface area (Å²) in [6, 6.07) is 0. The molecule has 60 valence electrons. The Morgan fingerprint density at radius 1 is 1.45 bits per heavy atom. The van der Waals surface area contributed by atoms with Crippen molar-refractivity contribution in [3.05, 3.63) is 16.4 Å². The Hall–Kier alpha value is -1.52. The van der Waals surface area contributed by atoms with Crippen LogP contribution in [0.1, 0.15) is 0 Å². The van der Waals surface area contributed by atoms with Crippen LogP contribution in [0.15, 0.2) is 11.0 Å². The van der Waals surface area contributed by atoms with Crippen molar-refractivity contribution < 1.29 is 9.47 Å². The van der Waals surface area contributed by atoms with Crippen LogP contribution >= 0.6 is 0 Å². The van der Waals surface area contributed by atoms with Crippen LogP contribution in [0.5, 0.6) is 11.6 Å². The van der Waals surface area contributed by atoms with E-state index in [-0.39, 0.29) is 17.1 Å². The number of ether oxygens (including phenoxy) is 2. The highest BCUT2D eigenvalue weighted by atomic mass is 16.5. The van der Waals surface area contributed by atoms with E-state index in [0.717, 1.165) is 0 Å². The zero-order valence-electron chi connectivity index (χ0n) is 6.25. The predicted octanol–water partition coefficient (Wildman–Crippen LogP) is -0.213. The summed E-state index contributed by atoms with van der Waals surface area (Å²) in [5, 5.41) is 6.04. The molecule has 0 radical (unpaired) electrons. The van der Waals surface area contributed by atoms with Crippen molar-refractivity contribution >= 4 is 0 Å². The highest BCUT2D eigenvalue weighted by Crippen LogP contribution is 2.02. The first-order valence-corrected chi connectivity index (χ1v) is 2.95. The largest absolute Gasteiger partial charge is 0.491 e. The number of aromatic amines is 1. The van der Waals surface area contributed by atoms with Crippen LogP contribution in [0.4, 0.5) is 0 Å². The molecule has 1 aromatic heterocycles. The van der Waals surface area contributed by atoms with E-state index in [1.54, 1.807) is 0 Å². The Labute approximate surface area is 63.0 Å². The number of nitrogens with one attached hydrogen (secondary N) is 1. The molecule has 0 aliphatic rings. The van der Waals surface area contributed by atoms with Crippen LogP contribution < -0.4 is 14.9 Å². The molecule has 5 nitrogen and oxygen atoms in total. The van der Waals surface area contributed by atoms with E-state index in [2.05, 4.69) is 14.9 Å². The number of nitrogens with zero attached hydrogens (tertiary/aromatic N) is 1. The molecule has 0 aliphatic heterocycles. The molecule has 11 heavy (non-hydrogen) atoms. The summed E-state index contributed by atoms with van der Waals surface area (Å²) in [4.78, 5) is 11.1. The van der Waals surface area contributed by atoms with Crippen molar-refractivity contribution in [1.29, 1.82) is 0 Å². The number of methoxy groups -OCH3 is 2. The van der Waals surface area contributed by atoms with Gasteiger partial charge in [-0.05, 0) is 0 Å². The number of hydrogen-bond acceptors (Lipinski definition) is 4. The van der Waals surface area contributed by atoms with E-state index in [1.165, 1.54) is 20.4 Å². The third-order valence-corrected chi connectivity index (χ3v) is 1.19. The Morgan fingerprint density at radius 3 is 2.73 bits per heavy atom. The first-order valence-electron chi connectivity index (χ1n) is 2.95. The molecule has 0 saturated carbocycles. The lowest BCUT2D eigenvalue weighted by Crippen LogP contribution is -2.10. The number of aromatic nitrogens is 2. The van der Waals surface area contributed by atoms with Crippen molar-refractivity contribution in [2.24, 2.45) is 0 Å². The van der Waals surface area contributed by atoms with Gasteiger partial charge in [-0.2, -0.15) is 0 Å². The Morgan fingerprint density at radius 2 is 2.18 bits per heavy atom. The molecular weight excluding hydrogens is 148 g/mol. The summed E-state index contributed by atoms with van der Waals surface area (Å²) in [6.07, 6.45) is 1.37. The molecule has 5 heteroatoms. The quantitative estimate of drug-likeness (QED) is 0.643. The van der Waals surface area contributed by atoms with Gasteiger partial charge in [-0.25, -0.2) is 0 Å². The normalized spacial score (nSPS) is 9.27. The molecule has 1 rings (SSSR count). The first-order chi connectivity index (χ1) is 5.29. The molecule has 0 amide bonds. The summed E-state index contributed by atoms with van der Waals surface area (Å²) >= 11 is 0. The fourth-order valence-electron chi connectivity index (χ4n) is 0.661. The maximum absolute atomic E-state index is 11.1. The molecule has 0 atom stereocenters. The number of H-pyrrole nitrogens is 1. The fourth-order valence-corrected chi connectivity index (χ4v) is 0.661. The monoisotopic (exact) mass is 156 g/mol. The maximum Gasteiger partial charge on any atom is 0.285 e. The van der Waals surface area contributed by atoms with Crippen LogP contribution in [0.2, 0.25) is 0 Å². The van der Waals surface area contributed by atoms with Crippen LogP contribution in [0.25, 0.3) is 0 Å². The molecular formula is C6H8N2O3. The van der Waals surface area contributed by atoms with Crippen molar-refractivity contribution in [1.82, 2.24) is 10.2 Å². The molecule has 0 spiro atoms. The molecule has 1 heterocycles. The van der Waals surface area contributed by atoms with Crippen molar-refractivity contribution in [2.45, 2.75) is 0 Å². The molecule has 0 bridgehead atoms. The molecule has 0 unspecified atom stereocenters. The molecule has 0 fully saturated rings. The van der Waals surface area contributed by atoms with Gasteiger partial charge in [0, 0.05) is 0 Å². The van der Waals surface area contributed by atoms with E-state index < -0.39 is 0 Å². The van der Waals surface area contributed by atoms with Crippen LogP contribution in [-0.2, 0) is 0 Å². The minimum absolute atomic E-state index is 0.00403. The molecule has 1 N–H and O–H groups in total. The maximum atomic E-state index is 11.1. The van der Waals surface area contributed by atoms with Crippen molar-refractivity contribution in [3.63, 3.8) is 0 Å². The van der Waals surface area contributed by atoms with Crippen molar-refractivity contribution in [2.75, 3.05) is 14.2 Å². The minimum Gasteiger partial charge on any atom is -0.491 e. The molecule has 0 saturated heterocycles. The lowest BCUT2D eigenvalue weighted by molar-refractivity contribution is 0.367. The Kier molecular flexibility index (Phi) is 2.10.